The largest absolute Gasteiger partial charge is 0.508 e. The van der Waals surface area contributed by atoms with Crippen LogP contribution in [0.4, 0.5) is 0 Å². The van der Waals surface area contributed by atoms with E-state index in [1.165, 1.54) is 63.6 Å². The molecule has 0 radical (unpaired) electrons. The van der Waals surface area contributed by atoms with Crippen molar-refractivity contribution in [1.82, 2.24) is 0 Å². The monoisotopic (exact) mass is 568 g/mol. The second-order valence-electron chi connectivity index (χ2n) is 7.22. The van der Waals surface area contributed by atoms with Gasteiger partial charge in [-0.1, -0.05) is 47.5 Å². The van der Waals surface area contributed by atoms with Crippen molar-refractivity contribution in [2.75, 3.05) is 14.2 Å². The number of ketones is 1. The van der Waals surface area contributed by atoms with E-state index in [0.717, 1.165) is 6.08 Å². The molecule has 0 aliphatic rings. The summed E-state index contributed by atoms with van der Waals surface area (Å²) in [5.41, 5.74) is 1.18. The molecule has 0 fully saturated rings. The Morgan fingerprint density at radius 2 is 1.27 bits per heavy atom. The normalized spacial score (nSPS) is 12.6. The fraction of sp³-hybridized carbons (Fsp3) is 0.192. The van der Waals surface area contributed by atoms with Crippen LogP contribution in [0.3, 0.4) is 0 Å². The Hall–Kier alpha value is -3.46. The van der Waals surface area contributed by atoms with Crippen LogP contribution in [0.5, 0.6) is 23.0 Å². The van der Waals surface area contributed by atoms with Gasteiger partial charge in [-0.2, -0.15) is 0 Å². The van der Waals surface area contributed by atoms with E-state index >= 15 is 0 Å². The Labute approximate surface area is 228 Å². The number of ether oxygens (including phenoxy) is 4. The molecule has 1 N–H and O–H groups in total. The zero-order valence-corrected chi connectivity index (χ0v) is 22.2. The van der Waals surface area contributed by atoms with E-state index in [2.05, 4.69) is 0 Å². The lowest BCUT2D eigenvalue weighted by Gasteiger charge is -2.10. The van der Waals surface area contributed by atoms with Gasteiger partial charge in [0.05, 0.1) is 14.2 Å². The third kappa shape index (κ3) is 9.49. The molecule has 196 valence electrons. The Bertz CT molecular complexity index is 1230. The number of benzene rings is 2. The number of rotatable bonds is 11. The molecular weight excluding hydrogens is 547 g/mol. The molecule has 2 aromatic carbocycles. The quantitative estimate of drug-likeness (QED) is 0.0919. The van der Waals surface area contributed by atoms with Crippen LogP contribution in [0.15, 0.2) is 60.4 Å². The van der Waals surface area contributed by atoms with Crippen LogP contribution in [0.1, 0.15) is 18.1 Å². The van der Waals surface area contributed by atoms with E-state index in [1.807, 2.05) is 0 Å². The van der Waals surface area contributed by atoms with Gasteiger partial charge in [0.1, 0.15) is 11.1 Å². The fourth-order valence-electron chi connectivity index (χ4n) is 2.69. The van der Waals surface area contributed by atoms with E-state index in [1.54, 1.807) is 18.2 Å². The van der Waals surface area contributed by atoms with Gasteiger partial charge in [-0.25, -0.2) is 4.79 Å². The van der Waals surface area contributed by atoms with Gasteiger partial charge in [-0.3, -0.25) is 9.59 Å². The highest BCUT2D eigenvalue weighted by molar-refractivity contribution is 6.53. The predicted octanol–water partition coefficient (Wildman–Crippen LogP) is 5.68. The summed E-state index contributed by atoms with van der Waals surface area (Å²) in [4.78, 5) is 34.1. The highest BCUT2D eigenvalue weighted by atomic mass is 35.5. The first-order valence-corrected chi connectivity index (χ1v) is 11.9. The number of aliphatic hydroxyl groups excluding tert-OH is 1. The molecule has 0 spiro atoms. The van der Waals surface area contributed by atoms with E-state index in [4.69, 9.17) is 53.8 Å². The van der Waals surface area contributed by atoms with Gasteiger partial charge in [-0.15, -0.1) is 11.6 Å². The number of alkyl halides is 3. The minimum Gasteiger partial charge on any atom is -0.508 e. The van der Waals surface area contributed by atoms with Crippen molar-refractivity contribution in [3.63, 3.8) is 0 Å². The minimum absolute atomic E-state index is 0.112. The van der Waals surface area contributed by atoms with Crippen molar-refractivity contribution >= 4 is 64.7 Å². The number of halogens is 3. The maximum absolute atomic E-state index is 12.2. The molecule has 37 heavy (non-hydrogen) atoms. The Kier molecular flexibility index (Phi) is 11.5. The SMILES string of the molecule is COc1cc(/C=C/C(O)=CC(=O)/C=C/c2ccc(OC(=O)C(Cl)Cl)c(OC)c2)ccc1OC(=O)C(C)Cl. The molecule has 0 aromatic heterocycles. The molecule has 0 heterocycles. The molecule has 1 atom stereocenters. The maximum Gasteiger partial charge on any atom is 0.344 e. The van der Waals surface area contributed by atoms with Gasteiger partial charge in [0, 0.05) is 6.08 Å². The molecule has 1 unspecified atom stereocenters. The highest BCUT2D eigenvalue weighted by Crippen LogP contribution is 2.30. The Balaban J connectivity index is 2.08. The molecule has 0 bridgehead atoms. The lowest BCUT2D eigenvalue weighted by atomic mass is 10.1. The van der Waals surface area contributed by atoms with E-state index < -0.39 is 27.9 Å². The molecule has 2 aromatic rings. The van der Waals surface area contributed by atoms with Crippen molar-refractivity contribution in [2.45, 2.75) is 17.1 Å². The summed E-state index contributed by atoms with van der Waals surface area (Å²) in [7, 11) is 2.80. The van der Waals surface area contributed by atoms with Crippen molar-refractivity contribution in [2.24, 2.45) is 0 Å². The van der Waals surface area contributed by atoms with Gasteiger partial charge in [0.25, 0.3) is 0 Å². The van der Waals surface area contributed by atoms with Gasteiger partial charge in [0.15, 0.2) is 28.8 Å². The van der Waals surface area contributed by atoms with Crippen LogP contribution < -0.4 is 18.9 Å². The summed E-state index contributed by atoms with van der Waals surface area (Å²) in [5.74, 6) is -1.43. The first kappa shape index (κ1) is 29.8. The third-order valence-corrected chi connectivity index (χ3v) is 5.01. The predicted molar refractivity (Wildman–Crippen MR) is 142 cm³/mol. The van der Waals surface area contributed by atoms with Crippen molar-refractivity contribution in [3.8, 4) is 23.0 Å². The molecule has 0 saturated carbocycles. The summed E-state index contributed by atoms with van der Waals surface area (Å²) in [5, 5.41) is 9.28. The first-order chi connectivity index (χ1) is 17.5. The average molecular weight is 570 g/mol. The fourth-order valence-corrected chi connectivity index (χ4v) is 2.82. The average Bonchev–Trinajstić information content (AvgIpc) is 2.87. The summed E-state index contributed by atoms with van der Waals surface area (Å²) >= 11 is 16.7. The molecule has 0 saturated heterocycles. The van der Waals surface area contributed by atoms with Gasteiger partial charge >= 0.3 is 11.9 Å². The summed E-state index contributed by atoms with van der Waals surface area (Å²) in [6.07, 6.45) is 6.61. The minimum atomic E-state index is -1.35. The van der Waals surface area contributed by atoms with E-state index in [9.17, 15) is 19.5 Å². The number of hydrogen-bond donors (Lipinski definition) is 1. The standard InChI is InChI=1S/C26H23Cl3O8/c1-15(27)25(32)36-20-10-6-16(12-22(20)34-2)4-8-18(30)14-19(31)9-5-17-7-11-21(23(13-17)35-3)37-26(33)24(28)29/h4-15,24,30H,1-3H3/b8-4+,9-5+,18-14?. The lowest BCUT2D eigenvalue weighted by Crippen LogP contribution is -2.17. The van der Waals surface area contributed by atoms with Crippen LogP contribution in [-0.4, -0.2) is 47.3 Å². The smallest absolute Gasteiger partial charge is 0.344 e. The molecular formula is C26H23Cl3O8. The number of hydrogen-bond acceptors (Lipinski definition) is 8. The summed E-state index contributed by atoms with van der Waals surface area (Å²) < 4.78 is 20.6. The van der Waals surface area contributed by atoms with Crippen LogP contribution in [-0.2, 0) is 14.4 Å². The molecule has 0 aliphatic heterocycles. The molecule has 8 nitrogen and oxygen atoms in total. The first-order valence-electron chi connectivity index (χ1n) is 10.6. The number of carbonyl (C=O) groups excluding carboxylic acids is 3. The van der Waals surface area contributed by atoms with Gasteiger partial charge in [-0.05, 0) is 54.5 Å². The number of esters is 2. The van der Waals surface area contributed by atoms with Crippen LogP contribution in [0, 0.1) is 0 Å². The third-order valence-electron chi connectivity index (χ3n) is 4.48. The van der Waals surface area contributed by atoms with Crippen molar-refractivity contribution in [3.05, 3.63) is 71.5 Å². The van der Waals surface area contributed by atoms with Crippen LogP contribution in [0.25, 0.3) is 12.2 Å². The highest BCUT2D eigenvalue weighted by Gasteiger charge is 2.17. The van der Waals surface area contributed by atoms with Crippen LogP contribution in [0.2, 0.25) is 0 Å². The zero-order valence-electron chi connectivity index (χ0n) is 19.9. The van der Waals surface area contributed by atoms with Gasteiger partial charge < -0.3 is 24.1 Å². The second-order valence-corrected chi connectivity index (χ2v) is 8.97. The number of aliphatic hydroxyl groups is 1. The van der Waals surface area contributed by atoms with Crippen molar-refractivity contribution in [1.29, 1.82) is 0 Å². The number of carbonyl (C=O) groups is 3. The maximum atomic E-state index is 12.2. The number of allylic oxidation sites excluding steroid dienone is 3. The lowest BCUT2D eigenvalue weighted by molar-refractivity contribution is -0.134. The Morgan fingerprint density at radius 3 is 1.73 bits per heavy atom. The van der Waals surface area contributed by atoms with E-state index in [0.29, 0.717) is 11.1 Å². The van der Waals surface area contributed by atoms with Crippen molar-refractivity contribution < 1.29 is 38.4 Å². The molecule has 11 heteroatoms. The zero-order chi connectivity index (χ0) is 27.5. The topological polar surface area (TPSA) is 108 Å². The summed E-state index contributed by atoms with van der Waals surface area (Å²) in [6, 6.07) is 9.32. The van der Waals surface area contributed by atoms with E-state index in [-0.39, 0.29) is 28.8 Å². The van der Waals surface area contributed by atoms with Crippen LogP contribution >= 0.6 is 34.8 Å². The molecule has 0 aliphatic carbocycles. The summed E-state index contributed by atoms with van der Waals surface area (Å²) in [6.45, 7) is 1.49. The Morgan fingerprint density at radius 1 is 0.784 bits per heavy atom. The molecule has 2 rings (SSSR count). The van der Waals surface area contributed by atoms with Gasteiger partial charge in [0.2, 0.25) is 4.84 Å². The number of methoxy groups -OCH3 is 2. The second kappa shape index (κ2) is 14.3. The molecule has 0 amide bonds.